The van der Waals surface area contributed by atoms with Crippen LogP contribution in [0.4, 0.5) is 16.3 Å². The summed E-state index contributed by atoms with van der Waals surface area (Å²) >= 11 is 0. The van der Waals surface area contributed by atoms with Gasteiger partial charge in [-0.1, -0.05) is 0 Å². The van der Waals surface area contributed by atoms with Crippen molar-refractivity contribution in [3.05, 3.63) is 78.2 Å². The number of amides is 3. The highest BCUT2D eigenvalue weighted by atomic mass is 16.5. The van der Waals surface area contributed by atoms with Crippen molar-refractivity contribution < 1.29 is 19.1 Å². The van der Waals surface area contributed by atoms with Crippen LogP contribution in [0, 0.1) is 0 Å². The van der Waals surface area contributed by atoms with Gasteiger partial charge in [-0.05, 0) is 48.5 Å². The van der Waals surface area contributed by atoms with E-state index in [0.717, 1.165) is 11.3 Å². The third kappa shape index (κ3) is 4.42. The molecule has 172 valence electrons. The van der Waals surface area contributed by atoms with Gasteiger partial charge in [-0.15, -0.1) is 0 Å². The summed E-state index contributed by atoms with van der Waals surface area (Å²) in [4.78, 5) is 46.4. The molecule has 0 aliphatic carbocycles. The van der Waals surface area contributed by atoms with Crippen molar-refractivity contribution in [3.63, 3.8) is 0 Å². The molecule has 0 fully saturated rings. The maximum atomic E-state index is 13.2. The Morgan fingerprint density at radius 2 is 1.68 bits per heavy atom. The monoisotopic (exact) mass is 458 g/mol. The van der Waals surface area contributed by atoms with Crippen molar-refractivity contribution in [2.45, 2.75) is 0 Å². The van der Waals surface area contributed by atoms with E-state index in [9.17, 15) is 14.4 Å². The molecule has 0 saturated carbocycles. The minimum absolute atomic E-state index is 0.192. The maximum absolute atomic E-state index is 13.2. The highest BCUT2D eigenvalue weighted by Gasteiger charge is 2.16. The van der Waals surface area contributed by atoms with Crippen molar-refractivity contribution in [3.8, 4) is 11.3 Å². The van der Waals surface area contributed by atoms with Crippen LogP contribution in [0.25, 0.3) is 16.9 Å². The number of methoxy groups -OCH3 is 1. The number of imidazole rings is 1. The summed E-state index contributed by atoms with van der Waals surface area (Å²) < 4.78 is 6.37. The average Bonchev–Trinajstić information content (AvgIpc) is 3.31. The number of carbonyl (C=O) groups is 3. The Balaban J connectivity index is 1.60. The Labute approximate surface area is 195 Å². The SMILES string of the molecule is CNC(=O)c1ccc(N(C)C(=O)c2ccc3ncc(-c4ccc(NC(=O)OC)nc4)n3c2)cc1. The molecule has 10 nitrogen and oxygen atoms in total. The molecule has 0 saturated heterocycles. The third-order valence-electron chi connectivity index (χ3n) is 5.28. The minimum atomic E-state index is -0.606. The van der Waals surface area contributed by atoms with Crippen LogP contribution in [-0.2, 0) is 4.74 Å². The number of anilines is 2. The summed E-state index contributed by atoms with van der Waals surface area (Å²) in [5.74, 6) is -0.0587. The van der Waals surface area contributed by atoms with Gasteiger partial charge < -0.3 is 15.0 Å². The number of pyridine rings is 2. The molecule has 10 heteroatoms. The van der Waals surface area contributed by atoms with Crippen LogP contribution in [0.5, 0.6) is 0 Å². The smallest absolute Gasteiger partial charge is 0.412 e. The zero-order valence-corrected chi connectivity index (χ0v) is 18.8. The Bertz CT molecular complexity index is 1360. The van der Waals surface area contributed by atoms with Gasteiger partial charge in [0.15, 0.2) is 0 Å². The molecule has 0 bridgehead atoms. The van der Waals surface area contributed by atoms with Crippen molar-refractivity contribution in [1.82, 2.24) is 19.7 Å². The van der Waals surface area contributed by atoms with E-state index < -0.39 is 6.09 Å². The zero-order valence-electron chi connectivity index (χ0n) is 18.8. The van der Waals surface area contributed by atoms with Crippen molar-refractivity contribution in [2.24, 2.45) is 0 Å². The zero-order chi connectivity index (χ0) is 24.2. The fourth-order valence-corrected chi connectivity index (χ4v) is 3.39. The standard InChI is InChI=1S/C24H22N6O4/c1-25-22(31)15-4-8-18(9-5-15)29(2)23(32)17-7-11-21-27-13-19(30(21)14-17)16-6-10-20(26-12-16)28-24(33)34-3/h4-14H,1-3H3,(H,25,31)(H,26,28,33). The Morgan fingerprint density at radius 1 is 0.941 bits per heavy atom. The average molecular weight is 458 g/mol. The van der Waals surface area contributed by atoms with Gasteiger partial charge in [0.05, 0.1) is 24.6 Å². The van der Waals surface area contributed by atoms with Crippen LogP contribution < -0.4 is 15.5 Å². The molecular formula is C24H22N6O4. The van der Waals surface area contributed by atoms with E-state index in [2.05, 4.69) is 25.3 Å². The van der Waals surface area contributed by atoms with Crippen molar-refractivity contribution >= 4 is 35.1 Å². The van der Waals surface area contributed by atoms with Crippen molar-refractivity contribution in [1.29, 1.82) is 0 Å². The third-order valence-corrected chi connectivity index (χ3v) is 5.28. The summed E-state index contributed by atoms with van der Waals surface area (Å²) in [6, 6.07) is 13.7. The summed E-state index contributed by atoms with van der Waals surface area (Å²) in [5, 5.41) is 5.07. The minimum Gasteiger partial charge on any atom is -0.453 e. The topological polar surface area (TPSA) is 118 Å². The van der Waals surface area contributed by atoms with E-state index in [4.69, 9.17) is 0 Å². The van der Waals surface area contributed by atoms with Gasteiger partial charge in [0.2, 0.25) is 0 Å². The normalized spacial score (nSPS) is 10.6. The van der Waals surface area contributed by atoms with Gasteiger partial charge in [0.1, 0.15) is 11.5 Å². The van der Waals surface area contributed by atoms with Crippen LogP contribution in [0.3, 0.4) is 0 Å². The Kier molecular flexibility index (Phi) is 6.22. The molecule has 0 spiro atoms. The van der Waals surface area contributed by atoms with E-state index in [1.54, 1.807) is 85.6 Å². The molecule has 0 radical (unpaired) electrons. The van der Waals surface area contributed by atoms with Gasteiger partial charge in [-0.3, -0.25) is 19.3 Å². The van der Waals surface area contributed by atoms with E-state index in [0.29, 0.717) is 28.3 Å². The largest absolute Gasteiger partial charge is 0.453 e. The first-order valence-electron chi connectivity index (χ1n) is 10.3. The second-order valence-electron chi connectivity index (χ2n) is 7.33. The maximum Gasteiger partial charge on any atom is 0.412 e. The molecule has 0 aliphatic rings. The number of benzene rings is 1. The number of fused-ring (bicyclic) bond motifs is 1. The second-order valence-corrected chi connectivity index (χ2v) is 7.33. The first-order valence-corrected chi connectivity index (χ1v) is 10.3. The predicted molar refractivity (Wildman–Crippen MR) is 127 cm³/mol. The van der Waals surface area contributed by atoms with Crippen molar-refractivity contribution in [2.75, 3.05) is 31.4 Å². The number of nitrogens with one attached hydrogen (secondary N) is 2. The van der Waals surface area contributed by atoms with Crippen LogP contribution in [0.15, 0.2) is 67.1 Å². The van der Waals surface area contributed by atoms with Crippen LogP contribution >= 0.6 is 0 Å². The molecule has 0 aliphatic heterocycles. The lowest BCUT2D eigenvalue weighted by Gasteiger charge is -2.18. The lowest BCUT2D eigenvalue weighted by molar-refractivity contribution is 0.0961. The molecule has 3 heterocycles. The fourth-order valence-electron chi connectivity index (χ4n) is 3.39. The lowest BCUT2D eigenvalue weighted by Crippen LogP contribution is -2.26. The van der Waals surface area contributed by atoms with Gasteiger partial charge in [0, 0.05) is 43.3 Å². The molecule has 4 rings (SSSR count). The molecule has 0 atom stereocenters. The summed E-state index contributed by atoms with van der Waals surface area (Å²) in [6.07, 6.45) is 4.40. The second kappa shape index (κ2) is 9.41. The summed E-state index contributed by atoms with van der Waals surface area (Å²) in [5.41, 5.74) is 3.78. The van der Waals surface area contributed by atoms with Gasteiger partial charge in [0.25, 0.3) is 11.8 Å². The Hall–Kier alpha value is -4.73. The van der Waals surface area contributed by atoms with E-state index >= 15 is 0 Å². The predicted octanol–water partition coefficient (Wildman–Crippen LogP) is 3.21. The molecule has 4 aromatic rings. The van der Waals surface area contributed by atoms with Gasteiger partial charge in [-0.25, -0.2) is 14.8 Å². The fraction of sp³-hybridized carbons (Fsp3) is 0.125. The number of carbonyl (C=O) groups excluding carboxylic acids is 3. The van der Waals surface area contributed by atoms with Gasteiger partial charge >= 0.3 is 6.09 Å². The number of hydrogen-bond acceptors (Lipinski definition) is 6. The number of rotatable bonds is 5. The molecule has 2 N–H and O–H groups in total. The van der Waals surface area contributed by atoms with E-state index in [1.807, 2.05) is 0 Å². The highest BCUT2D eigenvalue weighted by molar-refractivity contribution is 6.06. The first kappa shape index (κ1) is 22.5. The summed E-state index contributed by atoms with van der Waals surface area (Å²) in [7, 11) is 4.52. The summed E-state index contributed by atoms with van der Waals surface area (Å²) in [6.45, 7) is 0. The molecule has 3 amide bonds. The molecule has 3 aromatic heterocycles. The van der Waals surface area contributed by atoms with E-state index in [1.165, 1.54) is 12.0 Å². The van der Waals surface area contributed by atoms with Gasteiger partial charge in [-0.2, -0.15) is 0 Å². The van der Waals surface area contributed by atoms with Crippen LogP contribution in [0.1, 0.15) is 20.7 Å². The number of ether oxygens (including phenoxy) is 1. The molecular weight excluding hydrogens is 436 g/mol. The quantitative estimate of drug-likeness (QED) is 0.474. The van der Waals surface area contributed by atoms with E-state index in [-0.39, 0.29) is 11.8 Å². The number of hydrogen-bond donors (Lipinski definition) is 2. The number of aromatic nitrogens is 3. The molecule has 1 aromatic carbocycles. The molecule has 34 heavy (non-hydrogen) atoms. The van der Waals surface area contributed by atoms with Crippen LogP contribution in [0.2, 0.25) is 0 Å². The Morgan fingerprint density at radius 3 is 2.32 bits per heavy atom. The number of nitrogens with zero attached hydrogens (tertiary/aromatic N) is 4. The highest BCUT2D eigenvalue weighted by Crippen LogP contribution is 2.23. The lowest BCUT2D eigenvalue weighted by atomic mass is 10.1. The molecule has 0 unspecified atom stereocenters. The van der Waals surface area contributed by atoms with Crippen LogP contribution in [-0.4, -0.2) is 53.5 Å². The first-order chi connectivity index (χ1) is 16.4.